The van der Waals surface area contributed by atoms with Crippen molar-refractivity contribution >= 4 is 11.6 Å². The summed E-state index contributed by atoms with van der Waals surface area (Å²) in [5.74, 6) is -0.380. The van der Waals surface area contributed by atoms with Gasteiger partial charge >= 0.3 is 0 Å². The van der Waals surface area contributed by atoms with Crippen LogP contribution in [0.15, 0.2) is 17.8 Å². The number of nitrogens with one attached hydrogen (secondary N) is 1. The van der Waals surface area contributed by atoms with E-state index in [2.05, 4.69) is 20.6 Å². The number of amides is 1. The van der Waals surface area contributed by atoms with Gasteiger partial charge in [0.25, 0.3) is 5.91 Å². The predicted octanol–water partition coefficient (Wildman–Crippen LogP) is 0.514. The van der Waals surface area contributed by atoms with Crippen LogP contribution in [0.1, 0.15) is 32.1 Å². The maximum Gasteiger partial charge on any atom is 0.271 e. The van der Waals surface area contributed by atoms with Crippen molar-refractivity contribution in [3.63, 3.8) is 0 Å². The number of oxime groups is 1. The third-order valence-electron chi connectivity index (χ3n) is 3.52. The van der Waals surface area contributed by atoms with E-state index in [4.69, 9.17) is 0 Å². The topological polar surface area (TPSA) is 92.4 Å². The van der Waals surface area contributed by atoms with Crippen molar-refractivity contribution in [2.24, 2.45) is 5.16 Å². The summed E-state index contributed by atoms with van der Waals surface area (Å²) in [7, 11) is 1.52. The van der Waals surface area contributed by atoms with Crippen molar-refractivity contribution < 1.29 is 10.0 Å². The summed E-state index contributed by atoms with van der Waals surface area (Å²) >= 11 is 0. The van der Waals surface area contributed by atoms with Crippen LogP contribution < -0.4 is 5.32 Å². The Morgan fingerprint density at radius 3 is 2.67 bits per heavy atom. The van der Waals surface area contributed by atoms with E-state index in [-0.39, 0.29) is 11.6 Å². The molecule has 1 aliphatic carbocycles. The minimum absolute atomic E-state index is 0.107. The molecule has 1 aliphatic rings. The number of carbonyl (C=O) groups excluding carboxylic acids is 1. The Morgan fingerprint density at radius 1 is 1.44 bits per heavy atom. The molecule has 0 bridgehead atoms. The Kier molecular flexibility index (Phi) is 3.59. The van der Waals surface area contributed by atoms with Gasteiger partial charge in [0.05, 0.1) is 0 Å². The number of nitrogens with zero attached hydrogens (tertiary/aromatic N) is 4. The lowest BCUT2D eigenvalue weighted by molar-refractivity contribution is -0.115. The first-order valence-electron chi connectivity index (χ1n) is 6.04. The van der Waals surface area contributed by atoms with Crippen LogP contribution in [-0.2, 0) is 10.3 Å². The lowest BCUT2D eigenvalue weighted by Crippen LogP contribution is -2.50. The third kappa shape index (κ3) is 1.96. The van der Waals surface area contributed by atoms with Gasteiger partial charge in [-0.1, -0.05) is 24.4 Å². The van der Waals surface area contributed by atoms with Crippen molar-refractivity contribution in [3.8, 4) is 0 Å². The highest BCUT2D eigenvalue weighted by atomic mass is 16.4. The Labute approximate surface area is 105 Å². The molecule has 0 radical (unpaired) electrons. The van der Waals surface area contributed by atoms with E-state index in [1.807, 2.05) is 0 Å². The highest BCUT2D eigenvalue weighted by molar-refractivity contribution is 6.41. The second-order valence-electron chi connectivity index (χ2n) is 4.46. The second-order valence-corrected chi connectivity index (χ2v) is 4.46. The lowest BCUT2D eigenvalue weighted by atomic mass is 9.78. The molecular formula is C11H17N5O2. The van der Waals surface area contributed by atoms with Gasteiger partial charge in [0, 0.05) is 7.05 Å². The number of hydrogen-bond acceptors (Lipinski definition) is 5. The van der Waals surface area contributed by atoms with E-state index < -0.39 is 5.54 Å². The molecular weight excluding hydrogens is 234 g/mol. The molecule has 0 unspecified atom stereocenters. The fourth-order valence-electron chi connectivity index (χ4n) is 2.61. The van der Waals surface area contributed by atoms with Crippen LogP contribution in [0, 0.1) is 0 Å². The fourth-order valence-corrected chi connectivity index (χ4v) is 2.61. The zero-order valence-corrected chi connectivity index (χ0v) is 10.3. The van der Waals surface area contributed by atoms with Crippen LogP contribution in [0.4, 0.5) is 0 Å². The van der Waals surface area contributed by atoms with Crippen LogP contribution in [0.5, 0.6) is 0 Å². The smallest absolute Gasteiger partial charge is 0.271 e. The molecule has 1 fully saturated rings. The zero-order chi connectivity index (χ0) is 13.0. The molecule has 1 saturated carbocycles. The summed E-state index contributed by atoms with van der Waals surface area (Å²) in [5, 5.41) is 19.1. The molecule has 0 atom stereocenters. The SMILES string of the molecule is CNC(=O)/C(=N/O)C1(n2cncn2)CCCCC1. The van der Waals surface area contributed by atoms with Crippen molar-refractivity contribution in [1.82, 2.24) is 20.1 Å². The molecule has 0 aromatic carbocycles. The summed E-state index contributed by atoms with van der Waals surface area (Å²) < 4.78 is 1.64. The molecule has 7 heteroatoms. The van der Waals surface area contributed by atoms with E-state index in [1.165, 1.54) is 13.4 Å². The average Bonchev–Trinajstić information content (AvgIpc) is 2.94. The maximum atomic E-state index is 11.9. The fraction of sp³-hybridized carbons (Fsp3) is 0.636. The standard InChI is InChI=1S/C11H17N5O2/c1-12-10(17)9(15-18)11(5-3-2-4-6-11)16-8-13-7-14-16/h7-8,18H,2-6H2,1H3,(H,12,17)/b15-9-. The monoisotopic (exact) mass is 251 g/mol. The molecule has 98 valence electrons. The van der Waals surface area contributed by atoms with Crippen LogP contribution in [0.2, 0.25) is 0 Å². The lowest BCUT2D eigenvalue weighted by Gasteiger charge is -2.36. The average molecular weight is 251 g/mol. The number of rotatable bonds is 3. The van der Waals surface area contributed by atoms with E-state index >= 15 is 0 Å². The van der Waals surface area contributed by atoms with Gasteiger partial charge in [0.2, 0.25) is 0 Å². The first kappa shape index (κ1) is 12.5. The molecule has 0 spiro atoms. The van der Waals surface area contributed by atoms with Gasteiger partial charge in [0.1, 0.15) is 18.2 Å². The first-order chi connectivity index (χ1) is 8.74. The number of hydrogen-bond donors (Lipinski definition) is 2. The first-order valence-corrected chi connectivity index (χ1v) is 6.04. The Hall–Kier alpha value is -1.92. The maximum absolute atomic E-state index is 11.9. The van der Waals surface area contributed by atoms with Crippen LogP contribution in [0.25, 0.3) is 0 Å². The van der Waals surface area contributed by atoms with Crippen molar-refractivity contribution in [3.05, 3.63) is 12.7 Å². The van der Waals surface area contributed by atoms with E-state index in [0.29, 0.717) is 0 Å². The minimum atomic E-state index is -0.677. The highest BCUT2D eigenvalue weighted by Gasteiger charge is 2.43. The van der Waals surface area contributed by atoms with Crippen molar-refractivity contribution in [1.29, 1.82) is 0 Å². The molecule has 1 heterocycles. The van der Waals surface area contributed by atoms with Crippen molar-refractivity contribution in [2.75, 3.05) is 7.05 Å². The second kappa shape index (κ2) is 5.16. The summed E-state index contributed by atoms with van der Waals surface area (Å²) in [4.78, 5) is 15.8. The molecule has 0 saturated heterocycles. The van der Waals surface area contributed by atoms with Crippen LogP contribution >= 0.6 is 0 Å². The Balaban J connectivity index is 2.45. The summed E-state index contributed by atoms with van der Waals surface area (Å²) in [6, 6.07) is 0. The van der Waals surface area contributed by atoms with Gasteiger partial charge in [-0.15, -0.1) is 0 Å². The molecule has 7 nitrogen and oxygen atoms in total. The normalized spacial score (nSPS) is 19.5. The molecule has 1 aromatic heterocycles. The number of carbonyl (C=O) groups is 1. The zero-order valence-electron chi connectivity index (χ0n) is 10.3. The third-order valence-corrected chi connectivity index (χ3v) is 3.52. The van der Waals surface area contributed by atoms with Crippen LogP contribution in [-0.4, -0.2) is 38.6 Å². The van der Waals surface area contributed by atoms with Gasteiger partial charge in [-0.25, -0.2) is 9.67 Å². The van der Waals surface area contributed by atoms with Gasteiger partial charge in [-0.2, -0.15) is 5.10 Å². The predicted molar refractivity (Wildman–Crippen MR) is 64.4 cm³/mol. The molecule has 1 amide bonds. The minimum Gasteiger partial charge on any atom is -0.410 e. The van der Waals surface area contributed by atoms with E-state index in [1.54, 1.807) is 11.0 Å². The molecule has 2 N–H and O–H groups in total. The number of aromatic nitrogens is 3. The largest absolute Gasteiger partial charge is 0.410 e. The quantitative estimate of drug-likeness (QED) is 0.465. The highest BCUT2D eigenvalue weighted by Crippen LogP contribution is 2.35. The van der Waals surface area contributed by atoms with E-state index in [9.17, 15) is 10.0 Å². The van der Waals surface area contributed by atoms with E-state index in [0.717, 1.165) is 32.1 Å². The Morgan fingerprint density at radius 2 is 2.17 bits per heavy atom. The van der Waals surface area contributed by atoms with Crippen molar-refractivity contribution in [2.45, 2.75) is 37.6 Å². The summed E-state index contributed by atoms with van der Waals surface area (Å²) in [6.45, 7) is 0. The summed E-state index contributed by atoms with van der Waals surface area (Å²) in [5.41, 5.74) is -0.570. The Bertz CT molecular complexity index is 434. The molecule has 18 heavy (non-hydrogen) atoms. The summed E-state index contributed by atoms with van der Waals surface area (Å²) in [6.07, 6.45) is 7.50. The van der Waals surface area contributed by atoms with Gasteiger partial charge in [-0.3, -0.25) is 4.79 Å². The van der Waals surface area contributed by atoms with Gasteiger partial charge < -0.3 is 10.5 Å². The molecule has 0 aliphatic heterocycles. The molecule has 2 rings (SSSR count). The van der Waals surface area contributed by atoms with Gasteiger partial charge in [0.15, 0.2) is 5.71 Å². The van der Waals surface area contributed by atoms with Crippen LogP contribution in [0.3, 0.4) is 0 Å². The van der Waals surface area contributed by atoms with Gasteiger partial charge in [-0.05, 0) is 12.8 Å². The molecule has 1 aromatic rings.